The molecule has 1 aliphatic rings. The number of thioether (sulfide) groups is 1. The van der Waals surface area contributed by atoms with Crippen LogP contribution in [0.1, 0.15) is 27.2 Å². The Morgan fingerprint density at radius 1 is 1.03 bits per heavy atom. The Hall–Kier alpha value is -3.03. The lowest BCUT2D eigenvalue weighted by Crippen LogP contribution is -2.39. The average Bonchev–Trinajstić information content (AvgIpc) is 2.75. The van der Waals surface area contributed by atoms with Crippen molar-refractivity contribution in [3.63, 3.8) is 0 Å². The second-order valence-corrected chi connectivity index (χ2v) is 9.18. The third kappa shape index (κ3) is 4.74. The number of urea groups is 1. The van der Waals surface area contributed by atoms with Crippen molar-refractivity contribution < 1.29 is 9.59 Å². The first-order valence-electron chi connectivity index (χ1n) is 10.2. The van der Waals surface area contributed by atoms with Gasteiger partial charge in [0, 0.05) is 40.0 Å². The van der Waals surface area contributed by atoms with Crippen molar-refractivity contribution >= 4 is 52.4 Å². The highest BCUT2D eigenvalue weighted by molar-refractivity contribution is 7.99. The highest BCUT2D eigenvalue weighted by Gasteiger charge is 2.26. The molecule has 0 fully saturated rings. The smallest absolute Gasteiger partial charge is 0.322 e. The number of carbonyl (C=O) groups excluding carboxylic acids is 2. The molecule has 0 saturated carbocycles. The maximum Gasteiger partial charge on any atom is 0.326 e. The van der Waals surface area contributed by atoms with Gasteiger partial charge in [-0.15, -0.1) is 11.8 Å². The second-order valence-electron chi connectivity index (χ2n) is 7.66. The molecule has 32 heavy (non-hydrogen) atoms. The molecule has 0 aliphatic carbocycles. The number of amides is 3. The summed E-state index contributed by atoms with van der Waals surface area (Å²) in [6.45, 7) is 6.43. The lowest BCUT2D eigenvalue weighted by atomic mass is 10.1. The Morgan fingerprint density at radius 2 is 1.84 bits per heavy atom. The molecule has 2 N–H and O–H groups in total. The first-order valence-corrected chi connectivity index (χ1v) is 11.6. The zero-order chi connectivity index (χ0) is 22.8. The average molecular weight is 467 g/mol. The number of anilines is 3. The normalized spacial score (nSPS) is 12.8. The van der Waals surface area contributed by atoms with E-state index >= 15 is 0 Å². The number of hydrogen-bond acceptors (Lipinski definition) is 4. The molecule has 0 saturated heterocycles. The van der Waals surface area contributed by atoms with Crippen LogP contribution in [0.15, 0.2) is 53.6 Å². The van der Waals surface area contributed by atoms with Crippen LogP contribution >= 0.6 is 23.4 Å². The third-order valence-electron chi connectivity index (χ3n) is 5.17. The quantitative estimate of drug-likeness (QED) is 0.492. The molecule has 0 unspecified atom stereocenters. The van der Waals surface area contributed by atoms with Crippen LogP contribution in [0, 0.1) is 20.8 Å². The number of pyridine rings is 1. The topological polar surface area (TPSA) is 74.3 Å². The highest BCUT2D eigenvalue weighted by Crippen LogP contribution is 2.36. The Bertz CT molecular complexity index is 1210. The van der Waals surface area contributed by atoms with Gasteiger partial charge in [-0.2, -0.15) is 0 Å². The third-order valence-corrected chi connectivity index (χ3v) is 6.35. The van der Waals surface area contributed by atoms with Crippen molar-refractivity contribution in [2.24, 2.45) is 0 Å². The first-order chi connectivity index (χ1) is 15.3. The van der Waals surface area contributed by atoms with Crippen molar-refractivity contribution in [3.8, 4) is 0 Å². The number of halogens is 1. The fourth-order valence-electron chi connectivity index (χ4n) is 3.63. The number of fused-ring (bicyclic) bond motifs is 1. The summed E-state index contributed by atoms with van der Waals surface area (Å²) in [6.07, 6.45) is 0. The molecule has 4 rings (SSSR count). The molecule has 0 spiro atoms. The SMILES string of the molecule is Cc1cc(C)c2c(n1)SCCN2C(=O)Nc1cccc(C(=O)Nc2cc(Cl)ccc2C)c1. The number of nitrogens with one attached hydrogen (secondary N) is 2. The van der Waals surface area contributed by atoms with Gasteiger partial charge in [0.05, 0.1) is 5.69 Å². The lowest BCUT2D eigenvalue weighted by molar-refractivity contribution is 0.102. The van der Waals surface area contributed by atoms with Crippen LogP contribution in [0.4, 0.5) is 21.9 Å². The zero-order valence-electron chi connectivity index (χ0n) is 18.0. The number of nitrogens with zero attached hydrogens (tertiary/aromatic N) is 2. The molecule has 3 amide bonds. The van der Waals surface area contributed by atoms with E-state index in [4.69, 9.17) is 11.6 Å². The fourth-order valence-corrected chi connectivity index (χ4v) is 4.88. The molecule has 164 valence electrons. The van der Waals surface area contributed by atoms with E-state index in [0.29, 0.717) is 28.5 Å². The lowest BCUT2D eigenvalue weighted by Gasteiger charge is -2.30. The van der Waals surface area contributed by atoms with Gasteiger partial charge in [-0.25, -0.2) is 9.78 Å². The second kappa shape index (κ2) is 9.22. The number of benzene rings is 2. The van der Waals surface area contributed by atoms with E-state index in [9.17, 15) is 9.59 Å². The molecule has 2 heterocycles. The van der Waals surface area contributed by atoms with E-state index in [-0.39, 0.29) is 11.9 Å². The maximum atomic E-state index is 13.1. The fraction of sp³-hybridized carbons (Fsp3) is 0.208. The van der Waals surface area contributed by atoms with Crippen LogP contribution in [0.5, 0.6) is 0 Å². The minimum Gasteiger partial charge on any atom is -0.322 e. The number of hydrogen-bond donors (Lipinski definition) is 2. The Morgan fingerprint density at radius 3 is 2.66 bits per heavy atom. The predicted octanol–water partition coefficient (Wildman–Crippen LogP) is 6.06. The van der Waals surface area contributed by atoms with Gasteiger partial charge in [-0.1, -0.05) is 23.7 Å². The summed E-state index contributed by atoms with van der Waals surface area (Å²) in [5.74, 6) is 0.499. The van der Waals surface area contributed by atoms with E-state index in [2.05, 4.69) is 15.6 Å². The van der Waals surface area contributed by atoms with Gasteiger partial charge in [0.1, 0.15) is 5.03 Å². The predicted molar refractivity (Wildman–Crippen MR) is 131 cm³/mol. The molecule has 1 aromatic heterocycles. The molecular formula is C24H23ClN4O2S. The number of rotatable bonds is 3. The van der Waals surface area contributed by atoms with Crippen molar-refractivity contribution in [2.45, 2.75) is 25.8 Å². The summed E-state index contributed by atoms with van der Waals surface area (Å²) in [5.41, 5.74) is 5.33. The Balaban J connectivity index is 1.52. The van der Waals surface area contributed by atoms with Gasteiger partial charge < -0.3 is 10.6 Å². The van der Waals surface area contributed by atoms with Gasteiger partial charge in [0.25, 0.3) is 5.91 Å². The first kappa shape index (κ1) is 22.2. The molecule has 0 radical (unpaired) electrons. The van der Waals surface area contributed by atoms with Crippen molar-refractivity contribution in [1.82, 2.24) is 4.98 Å². The van der Waals surface area contributed by atoms with Gasteiger partial charge in [-0.3, -0.25) is 9.69 Å². The summed E-state index contributed by atoms with van der Waals surface area (Å²) < 4.78 is 0. The van der Waals surface area contributed by atoms with Crippen LogP contribution in [-0.4, -0.2) is 29.2 Å². The maximum absolute atomic E-state index is 13.1. The van der Waals surface area contributed by atoms with E-state index in [1.807, 2.05) is 32.9 Å². The molecule has 0 bridgehead atoms. The summed E-state index contributed by atoms with van der Waals surface area (Å²) in [6, 6.07) is 13.9. The van der Waals surface area contributed by atoms with E-state index < -0.39 is 0 Å². The van der Waals surface area contributed by atoms with Crippen LogP contribution in [0.25, 0.3) is 0 Å². The molecule has 3 aromatic rings. The molecule has 2 aromatic carbocycles. The van der Waals surface area contributed by atoms with E-state index in [0.717, 1.165) is 33.3 Å². The van der Waals surface area contributed by atoms with Gasteiger partial charge in [0.2, 0.25) is 0 Å². The van der Waals surface area contributed by atoms with Crippen LogP contribution in [0.3, 0.4) is 0 Å². The summed E-state index contributed by atoms with van der Waals surface area (Å²) in [5, 5.41) is 7.22. The van der Waals surface area contributed by atoms with Gasteiger partial charge in [0.15, 0.2) is 0 Å². The Labute approximate surface area is 196 Å². The van der Waals surface area contributed by atoms with E-state index in [1.165, 1.54) is 0 Å². The molecule has 0 atom stereocenters. The number of carbonyl (C=O) groups is 2. The molecular weight excluding hydrogens is 444 g/mol. The minimum absolute atomic E-state index is 0.247. The molecule has 1 aliphatic heterocycles. The van der Waals surface area contributed by atoms with Crippen molar-refractivity contribution in [2.75, 3.05) is 27.8 Å². The zero-order valence-corrected chi connectivity index (χ0v) is 19.6. The highest BCUT2D eigenvalue weighted by atomic mass is 35.5. The monoisotopic (exact) mass is 466 g/mol. The van der Waals surface area contributed by atoms with Crippen LogP contribution in [0.2, 0.25) is 5.02 Å². The number of aryl methyl sites for hydroxylation is 3. The number of aromatic nitrogens is 1. The standard InChI is InChI=1S/C24H23ClN4O2S/c1-14-7-8-18(25)13-20(14)28-22(30)17-5-4-6-19(12-17)27-24(31)29-9-10-32-23-21(29)15(2)11-16(3)26-23/h4-8,11-13H,9-10H2,1-3H3,(H,27,31)(H,28,30). The van der Waals surface area contributed by atoms with Crippen molar-refractivity contribution in [3.05, 3.63) is 75.9 Å². The summed E-state index contributed by atoms with van der Waals surface area (Å²) in [4.78, 5) is 32.2. The van der Waals surface area contributed by atoms with Crippen molar-refractivity contribution in [1.29, 1.82) is 0 Å². The summed E-state index contributed by atoms with van der Waals surface area (Å²) in [7, 11) is 0. The summed E-state index contributed by atoms with van der Waals surface area (Å²) >= 11 is 7.71. The van der Waals surface area contributed by atoms with Gasteiger partial charge in [-0.05, 0) is 68.3 Å². The van der Waals surface area contributed by atoms with Crippen LogP contribution in [-0.2, 0) is 0 Å². The largest absolute Gasteiger partial charge is 0.326 e. The van der Waals surface area contributed by atoms with Gasteiger partial charge >= 0.3 is 6.03 Å². The van der Waals surface area contributed by atoms with Crippen LogP contribution < -0.4 is 15.5 Å². The van der Waals surface area contributed by atoms with E-state index in [1.54, 1.807) is 53.1 Å². The molecule has 8 heteroatoms. The minimum atomic E-state index is -0.276. The Kier molecular flexibility index (Phi) is 6.39. The molecule has 6 nitrogen and oxygen atoms in total.